The summed E-state index contributed by atoms with van der Waals surface area (Å²) in [5.41, 5.74) is 8.75. The monoisotopic (exact) mass is 500 g/mol. The zero-order valence-electron chi connectivity index (χ0n) is 23.5. The lowest BCUT2D eigenvalue weighted by atomic mass is 9.93. The molecule has 38 heavy (non-hydrogen) atoms. The second-order valence-corrected chi connectivity index (χ2v) is 11.9. The van der Waals surface area contributed by atoms with E-state index in [9.17, 15) is 0 Å². The molecule has 2 heterocycles. The minimum Gasteiger partial charge on any atom is -0.455 e. The topological polar surface area (TPSA) is 38.9 Å². The molecule has 6 aromatic rings. The predicted molar refractivity (Wildman–Crippen MR) is 161 cm³/mol. The lowest BCUT2D eigenvalue weighted by Crippen LogP contribution is -2.02. The normalized spacial score (nSPS) is 12.4. The average Bonchev–Trinajstić information content (AvgIpc) is 3.25. The molecule has 0 saturated carbocycles. The number of aryl methyl sites for hydroxylation is 1. The maximum atomic E-state index is 6.58. The third-order valence-corrected chi connectivity index (χ3v) is 7.66. The van der Waals surface area contributed by atoms with Crippen LogP contribution in [0.4, 0.5) is 0 Å². The largest absolute Gasteiger partial charge is 0.455 e. The molecule has 0 atom stereocenters. The van der Waals surface area contributed by atoms with Gasteiger partial charge in [-0.15, -0.1) is 0 Å². The minimum atomic E-state index is 0.206. The Morgan fingerprint density at radius 3 is 2.29 bits per heavy atom. The lowest BCUT2D eigenvalue weighted by molar-refractivity contribution is 0.647. The minimum absolute atomic E-state index is 0.206. The van der Waals surface area contributed by atoms with Crippen molar-refractivity contribution in [2.24, 2.45) is 5.92 Å². The van der Waals surface area contributed by atoms with Gasteiger partial charge in [-0.3, -0.25) is 0 Å². The molecule has 0 aliphatic carbocycles. The molecule has 3 nitrogen and oxygen atoms in total. The Hall–Kier alpha value is -3.72. The SMILES string of the molecule is Cc1cc(CC(C)C)cc2ccc3c(-c4cccc5c4oc4cc(C(C)C)ccc45)nc(C(C)C)nc3c12. The number of nitrogens with zero attached hydrogens (tertiary/aromatic N) is 2. The van der Waals surface area contributed by atoms with Gasteiger partial charge in [-0.05, 0) is 65.5 Å². The van der Waals surface area contributed by atoms with Crippen LogP contribution >= 0.6 is 0 Å². The second-order valence-electron chi connectivity index (χ2n) is 11.9. The highest BCUT2D eigenvalue weighted by atomic mass is 16.3. The van der Waals surface area contributed by atoms with Crippen LogP contribution < -0.4 is 0 Å². The van der Waals surface area contributed by atoms with Crippen molar-refractivity contribution >= 4 is 43.6 Å². The average molecular weight is 501 g/mol. The van der Waals surface area contributed by atoms with Gasteiger partial charge in [-0.25, -0.2) is 9.97 Å². The molecule has 3 heteroatoms. The summed E-state index contributed by atoms with van der Waals surface area (Å²) in [4.78, 5) is 10.3. The summed E-state index contributed by atoms with van der Waals surface area (Å²) in [5.74, 6) is 2.14. The maximum absolute atomic E-state index is 6.58. The highest BCUT2D eigenvalue weighted by Gasteiger charge is 2.20. The van der Waals surface area contributed by atoms with Crippen molar-refractivity contribution in [1.82, 2.24) is 9.97 Å². The number of benzene rings is 4. The van der Waals surface area contributed by atoms with Crippen LogP contribution in [0.25, 0.3) is 54.9 Å². The fourth-order valence-corrected chi connectivity index (χ4v) is 5.77. The summed E-state index contributed by atoms with van der Waals surface area (Å²) in [6.07, 6.45) is 1.08. The van der Waals surface area contributed by atoms with Gasteiger partial charge in [0, 0.05) is 33.0 Å². The van der Waals surface area contributed by atoms with Crippen molar-refractivity contribution in [2.45, 2.75) is 66.7 Å². The van der Waals surface area contributed by atoms with E-state index in [-0.39, 0.29) is 5.92 Å². The first kappa shape index (κ1) is 24.6. The van der Waals surface area contributed by atoms with Crippen molar-refractivity contribution < 1.29 is 4.42 Å². The van der Waals surface area contributed by atoms with Crippen molar-refractivity contribution in [3.63, 3.8) is 0 Å². The molecular formula is C35H36N2O. The van der Waals surface area contributed by atoms with Crippen LogP contribution in [0.15, 0.2) is 65.1 Å². The van der Waals surface area contributed by atoms with Crippen LogP contribution in [0, 0.1) is 12.8 Å². The maximum Gasteiger partial charge on any atom is 0.144 e. The third kappa shape index (κ3) is 4.05. The molecule has 0 N–H and O–H groups in total. The molecule has 0 radical (unpaired) electrons. The van der Waals surface area contributed by atoms with Crippen LogP contribution in [0.3, 0.4) is 0 Å². The van der Waals surface area contributed by atoms with Crippen molar-refractivity contribution in [3.8, 4) is 11.3 Å². The fraction of sp³-hybridized carbons (Fsp3) is 0.314. The first-order valence-corrected chi connectivity index (χ1v) is 13.9. The van der Waals surface area contributed by atoms with E-state index in [0.29, 0.717) is 11.8 Å². The molecular weight excluding hydrogens is 464 g/mol. The van der Waals surface area contributed by atoms with E-state index < -0.39 is 0 Å². The molecule has 0 spiro atoms. The Morgan fingerprint density at radius 2 is 1.55 bits per heavy atom. The van der Waals surface area contributed by atoms with Gasteiger partial charge in [0.1, 0.15) is 17.0 Å². The molecule has 0 amide bonds. The van der Waals surface area contributed by atoms with Crippen LogP contribution in [0.2, 0.25) is 0 Å². The number of aromatic nitrogens is 2. The van der Waals surface area contributed by atoms with E-state index in [0.717, 1.165) is 56.3 Å². The molecule has 192 valence electrons. The molecule has 4 aromatic carbocycles. The van der Waals surface area contributed by atoms with Gasteiger partial charge in [-0.2, -0.15) is 0 Å². The lowest BCUT2D eigenvalue weighted by Gasteiger charge is -2.15. The zero-order chi connectivity index (χ0) is 26.7. The predicted octanol–water partition coefficient (Wildman–Crippen LogP) is 10.1. The first-order valence-electron chi connectivity index (χ1n) is 13.9. The number of hydrogen-bond donors (Lipinski definition) is 0. The summed E-state index contributed by atoms with van der Waals surface area (Å²) in [5, 5.41) is 5.81. The van der Waals surface area contributed by atoms with Gasteiger partial charge < -0.3 is 4.42 Å². The van der Waals surface area contributed by atoms with Gasteiger partial charge in [-0.1, -0.05) is 84.0 Å². The smallest absolute Gasteiger partial charge is 0.144 e. The van der Waals surface area contributed by atoms with Crippen LogP contribution in [0.1, 0.15) is 75.9 Å². The number of furan rings is 1. The fourth-order valence-electron chi connectivity index (χ4n) is 5.77. The molecule has 0 unspecified atom stereocenters. The summed E-state index contributed by atoms with van der Waals surface area (Å²) in [7, 11) is 0. The first-order chi connectivity index (χ1) is 18.2. The third-order valence-electron chi connectivity index (χ3n) is 7.66. The second kappa shape index (κ2) is 9.23. The molecule has 2 aromatic heterocycles. The Kier molecular flexibility index (Phi) is 5.98. The van der Waals surface area contributed by atoms with E-state index in [4.69, 9.17) is 14.4 Å². The summed E-state index contributed by atoms with van der Waals surface area (Å²) in [6.45, 7) is 15.5. The standard InChI is InChI=1S/C35H36N2O/c1-19(2)15-23-16-22(7)31-25(17-23)12-14-28-32(36-35(21(5)6)37-33(28)31)29-10-8-9-27-26-13-11-24(20(3)4)18-30(26)38-34(27)29/h8-14,16-21H,15H2,1-7H3. The van der Waals surface area contributed by atoms with Gasteiger partial charge in [0.15, 0.2) is 0 Å². The molecule has 0 aliphatic heterocycles. The Bertz CT molecular complexity index is 1840. The van der Waals surface area contributed by atoms with Crippen molar-refractivity contribution in [1.29, 1.82) is 0 Å². The van der Waals surface area contributed by atoms with E-state index in [1.807, 2.05) is 0 Å². The number of fused-ring (bicyclic) bond motifs is 6. The van der Waals surface area contributed by atoms with Gasteiger partial charge in [0.2, 0.25) is 0 Å². The zero-order valence-corrected chi connectivity index (χ0v) is 23.5. The van der Waals surface area contributed by atoms with Gasteiger partial charge >= 0.3 is 0 Å². The summed E-state index contributed by atoms with van der Waals surface area (Å²) < 4.78 is 6.58. The number of hydrogen-bond acceptors (Lipinski definition) is 3. The van der Waals surface area contributed by atoms with E-state index in [1.165, 1.54) is 27.5 Å². The van der Waals surface area contributed by atoms with Crippen molar-refractivity contribution in [3.05, 3.63) is 83.2 Å². The van der Waals surface area contributed by atoms with E-state index in [2.05, 4.69) is 109 Å². The Balaban J connectivity index is 1.66. The van der Waals surface area contributed by atoms with E-state index in [1.54, 1.807) is 0 Å². The molecule has 6 rings (SSSR count). The Labute approximate surface area is 224 Å². The van der Waals surface area contributed by atoms with Crippen molar-refractivity contribution in [2.75, 3.05) is 0 Å². The number of rotatable bonds is 5. The molecule has 0 saturated heterocycles. The van der Waals surface area contributed by atoms with Gasteiger partial charge in [0.05, 0.1) is 11.2 Å². The van der Waals surface area contributed by atoms with Crippen LogP contribution in [-0.4, -0.2) is 9.97 Å². The van der Waals surface area contributed by atoms with Gasteiger partial charge in [0.25, 0.3) is 0 Å². The Morgan fingerprint density at radius 1 is 0.763 bits per heavy atom. The molecule has 0 aliphatic rings. The summed E-state index contributed by atoms with van der Waals surface area (Å²) >= 11 is 0. The van der Waals surface area contributed by atoms with E-state index >= 15 is 0 Å². The van der Waals surface area contributed by atoms with Crippen LogP contribution in [-0.2, 0) is 6.42 Å². The molecule has 0 fully saturated rings. The highest BCUT2D eigenvalue weighted by Crippen LogP contribution is 2.40. The van der Waals surface area contributed by atoms with Crippen LogP contribution in [0.5, 0.6) is 0 Å². The molecule has 0 bridgehead atoms. The summed E-state index contributed by atoms with van der Waals surface area (Å²) in [6, 6.07) is 22.1. The highest BCUT2D eigenvalue weighted by molar-refractivity contribution is 6.15. The number of para-hydroxylation sites is 1. The quantitative estimate of drug-likeness (QED) is 0.221.